The van der Waals surface area contributed by atoms with E-state index in [2.05, 4.69) is 49.6 Å². The largest absolute Gasteiger partial charge is 0.384 e. The molecular formula is C19H24N6S. The normalized spacial score (nSPS) is 17.4. The number of aromatic nitrogens is 3. The van der Waals surface area contributed by atoms with Crippen LogP contribution in [0, 0.1) is 5.92 Å². The zero-order valence-corrected chi connectivity index (χ0v) is 15.7. The molecule has 0 amide bonds. The van der Waals surface area contributed by atoms with E-state index in [1.54, 1.807) is 12.4 Å². The van der Waals surface area contributed by atoms with Gasteiger partial charge in [-0.3, -0.25) is 4.90 Å². The summed E-state index contributed by atoms with van der Waals surface area (Å²) in [7, 11) is 0. The smallest absolute Gasteiger partial charge is 0.166 e. The van der Waals surface area contributed by atoms with Crippen LogP contribution in [-0.4, -0.2) is 39.5 Å². The number of nitrogens with zero attached hydrogens (tertiary/aromatic N) is 4. The number of rotatable bonds is 5. The molecule has 4 rings (SSSR count). The molecule has 7 heteroatoms. The highest BCUT2D eigenvalue weighted by Gasteiger charge is 2.25. The van der Waals surface area contributed by atoms with E-state index in [9.17, 15) is 0 Å². The maximum atomic E-state index is 5.77. The zero-order chi connectivity index (χ0) is 17.9. The van der Waals surface area contributed by atoms with E-state index in [-0.39, 0.29) is 0 Å². The molecule has 1 aliphatic heterocycles. The first-order chi connectivity index (χ1) is 12.7. The molecule has 1 unspecified atom stereocenters. The summed E-state index contributed by atoms with van der Waals surface area (Å²) in [5.74, 6) is 2.11. The van der Waals surface area contributed by atoms with Crippen molar-refractivity contribution in [2.75, 3.05) is 30.7 Å². The topological polar surface area (TPSA) is 80.0 Å². The lowest BCUT2D eigenvalue weighted by molar-refractivity contribution is 0.145. The number of thiophene rings is 1. The molecule has 1 saturated heterocycles. The minimum Gasteiger partial charge on any atom is -0.384 e. The maximum absolute atomic E-state index is 5.77. The van der Waals surface area contributed by atoms with Crippen molar-refractivity contribution in [3.8, 4) is 0 Å². The third kappa shape index (κ3) is 3.64. The summed E-state index contributed by atoms with van der Waals surface area (Å²) < 4.78 is 0. The summed E-state index contributed by atoms with van der Waals surface area (Å²) in [5, 5.41) is 6.59. The number of nitrogen functional groups attached to an aromatic ring is 1. The third-order valence-electron chi connectivity index (χ3n) is 5.11. The van der Waals surface area contributed by atoms with Gasteiger partial charge in [0.25, 0.3) is 0 Å². The monoisotopic (exact) mass is 368 g/mol. The molecule has 0 aliphatic carbocycles. The molecule has 136 valence electrons. The van der Waals surface area contributed by atoms with Crippen LogP contribution in [0.4, 0.5) is 11.6 Å². The van der Waals surface area contributed by atoms with Crippen molar-refractivity contribution in [2.45, 2.75) is 25.8 Å². The fourth-order valence-electron chi connectivity index (χ4n) is 3.52. The Hall–Kier alpha value is -2.25. The molecule has 0 bridgehead atoms. The summed E-state index contributed by atoms with van der Waals surface area (Å²) in [6.45, 7) is 5.45. The standard InChI is InChI=1S/C19H24N6S/c1-13-6-8-25(9-7-13)15(16-3-2-10-26-16)11-21-18-14-4-5-17(20)24-19(14)23-12-22-18/h2-5,10,12-13,15H,6-9,11H2,1H3,(H3,20,21,22,23,24). The minimum absolute atomic E-state index is 0.356. The molecule has 3 aromatic rings. The summed E-state index contributed by atoms with van der Waals surface area (Å²) >= 11 is 1.82. The Morgan fingerprint density at radius 2 is 2.12 bits per heavy atom. The van der Waals surface area contributed by atoms with E-state index in [0.717, 1.165) is 36.8 Å². The number of pyridine rings is 1. The highest BCUT2D eigenvalue weighted by atomic mass is 32.1. The average molecular weight is 369 g/mol. The van der Waals surface area contributed by atoms with Gasteiger partial charge >= 0.3 is 0 Å². The van der Waals surface area contributed by atoms with Crippen molar-refractivity contribution >= 4 is 34.0 Å². The predicted octanol–water partition coefficient (Wildman–Crippen LogP) is 3.55. The van der Waals surface area contributed by atoms with E-state index in [4.69, 9.17) is 5.73 Å². The van der Waals surface area contributed by atoms with E-state index < -0.39 is 0 Å². The van der Waals surface area contributed by atoms with Gasteiger partial charge in [-0.05, 0) is 55.4 Å². The molecule has 0 radical (unpaired) electrons. The Morgan fingerprint density at radius 3 is 2.88 bits per heavy atom. The van der Waals surface area contributed by atoms with Crippen molar-refractivity contribution in [3.05, 3.63) is 40.8 Å². The van der Waals surface area contributed by atoms with Crippen molar-refractivity contribution in [2.24, 2.45) is 5.92 Å². The van der Waals surface area contributed by atoms with E-state index in [0.29, 0.717) is 17.5 Å². The van der Waals surface area contributed by atoms with Gasteiger partial charge in [0.15, 0.2) is 5.65 Å². The first-order valence-electron chi connectivity index (χ1n) is 9.09. The van der Waals surface area contributed by atoms with Crippen molar-refractivity contribution in [1.82, 2.24) is 19.9 Å². The summed E-state index contributed by atoms with van der Waals surface area (Å²) in [6, 6.07) is 8.44. The number of fused-ring (bicyclic) bond motifs is 1. The van der Waals surface area contributed by atoms with Crippen LogP contribution in [0.3, 0.4) is 0 Å². The van der Waals surface area contributed by atoms with Gasteiger partial charge in [0.2, 0.25) is 0 Å². The second kappa shape index (κ2) is 7.55. The summed E-state index contributed by atoms with van der Waals surface area (Å²) in [4.78, 5) is 16.9. The molecule has 26 heavy (non-hydrogen) atoms. The Kier molecular flexibility index (Phi) is 4.99. The van der Waals surface area contributed by atoms with Crippen molar-refractivity contribution < 1.29 is 0 Å². The Balaban J connectivity index is 1.55. The Labute approximate surface area is 157 Å². The van der Waals surface area contributed by atoms with Gasteiger partial charge in [-0.25, -0.2) is 15.0 Å². The molecule has 3 N–H and O–H groups in total. The van der Waals surface area contributed by atoms with Crippen LogP contribution in [0.2, 0.25) is 0 Å². The lowest BCUT2D eigenvalue weighted by Gasteiger charge is -2.36. The molecule has 0 aromatic carbocycles. The van der Waals surface area contributed by atoms with Crippen LogP contribution in [0.25, 0.3) is 11.0 Å². The van der Waals surface area contributed by atoms with Crippen LogP contribution in [0.15, 0.2) is 36.0 Å². The average Bonchev–Trinajstić information content (AvgIpc) is 3.17. The highest BCUT2D eigenvalue weighted by molar-refractivity contribution is 7.10. The first kappa shape index (κ1) is 17.2. The molecule has 6 nitrogen and oxygen atoms in total. The molecule has 3 aromatic heterocycles. The Morgan fingerprint density at radius 1 is 1.27 bits per heavy atom. The highest BCUT2D eigenvalue weighted by Crippen LogP contribution is 2.30. The van der Waals surface area contributed by atoms with E-state index >= 15 is 0 Å². The van der Waals surface area contributed by atoms with Crippen molar-refractivity contribution in [1.29, 1.82) is 0 Å². The van der Waals surface area contributed by atoms with E-state index in [1.807, 2.05) is 17.4 Å². The lowest BCUT2D eigenvalue weighted by atomic mass is 9.97. The lowest BCUT2D eigenvalue weighted by Crippen LogP contribution is -2.38. The fraction of sp³-hybridized carbons (Fsp3) is 0.421. The SMILES string of the molecule is CC1CCN(C(CNc2ncnc3nc(N)ccc23)c2cccs2)CC1. The molecular weight excluding hydrogens is 344 g/mol. The minimum atomic E-state index is 0.356. The quantitative estimate of drug-likeness (QED) is 0.717. The number of nitrogens with two attached hydrogens (primary N) is 1. The number of piperidine rings is 1. The molecule has 1 fully saturated rings. The maximum Gasteiger partial charge on any atom is 0.166 e. The van der Waals surface area contributed by atoms with Crippen LogP contribution in [0.1, 0.15) is 30.7 Å². The number of nitrogens with one attached hydrogen (secondary N) is 1. The number of likely N-dealkylation sites (tertiary alicyclic amines) is 1. The van der Waals surface area contributed by atoms with Gasteiger partial charge in [-0.15, -0.1) is 11.3 Å². The van der Waals surface area contributed by atoms with Crippen LogP contribution in [-0.2, 0) is 0 Å². The number of hydrogen-bond acceptors (Lipinski definition) is 7. The molecule has 1 aliphatic rings. The van der Waals surface area contributed by atoms with Gasteiger partial charge in [0.05, 0.1) is 11.4 Å². The molecule has 0 spiro atoms. The molecule has 0 saturated carbocycles. The number of hydrogen-bond donors (Lipinski definition) is 2. The van der Waals surface area contributed by atoms with Gasteiger partial charge in [0, 0.05) is 11.4 Å². The summed E-state index contributed by atoms with van der Waals surface area (Å²) in [6.07, 6.45) is 4.07. The van der Waals surface area contributed by atoms with Crippen LogP contribution < -0.4 is 11.1 Å². The van der Waals surface area contributed by atoms with E-state index in [1.165, 1.54) is 17.7 Å². The van der Waals surface area contributed by atoms with Gasteiger partial charge in [-0.1, -0.05) is 13.0 Å². The van der Waals surface area contributed by atoms with Crippen LogP contribution >= 0.6 is 11.3 Å². The second-order valence-corrected chi connectivity index (χ2v) is 7.94. The zero-order valence-electron chi connectivity index (χ0n) is 14.9. The third-order valence-corrected chi connectivity index (χ3v) is 6.09. The van der Waals surface area contributed by atoms with Gasteiger partial charge < -0.3 is 11.1 Å². The molecule has 1 atom stereocenters. The predicted molar refractivity (Wildman–Crippen MR) is 107 cm³/mol. The van der Waals surface area contributed by atoms with Crippen molar-refractivity contribution in [3.63, 3.8) is 0 Å². The Bertz CT molecular complexity index is 858. The van der Waals surface area contributed by atoms with Gasteiger partial charge in [0.1, 0.15) is 18.0 Å². The second-order valence-electron chi connectivity index (χ2n) is 6.96. The van der Waals surface area contributed by atoms with Crippen LogP contribution in [0.5, 0.6) is 0 Å². The van der Waals surface area contributed by atoms with Gasteiger partial charge in [-0.2, -0.15) is 0 Å². The summed E-state index contributed by atoms with van der Waals surface area (Å²) in [5.41, 5.74) is 6.40. The molecule has 4 heterocycles. The number of anilines is 2. The first-order valence-corrected chi connectivity index (χ1v) is 9.97. The fourth-order valence-corrected chi connectivity index (χ4v) is 4.38.